The maximum Gasteiger partial charge on any atom is 0.261 e. The molecule has 144 valence electrons. The molecule has 1 saturated heterocycles. The number of carbonyl (C=O) groups is 1. The largest absolute Gasteiger partial charge is 0.482 e. The van der Waals surface area contributed by atoms with Crippen LogP contribution in [0.5, 0.6) is 5.75 Å². The molecule has 1 aromatic rings. The van der Waals surface area contributed by atoms with Gasteiger partial charge < -0.3 is 9.64 Å². The maximum atomic E-state index is 12.9. The fourth-order valence-corrected chi connectivity index (χ4v) is 6.31. The van der Waals surface area contributed by atoms with Crippen molar-refractivity contribution in [3.8, 4) is 5.75 Å². The fraction of sp³-hybridized carbons (Fsp3) is 0.611. The van der Waals surface area contributed by atoms with Gasteiger partial charge in [0, 0.05) is 16.6 Å². The van der Waals surface area contributed by atoms with E-state index >= 15 is 0 Å². The molecule has 3 rings (SSSR count). The smallest absolute Gasteiger partial charge is 0.261 e. The molecule has 1 amide bonds. The first-order valence-electron chi connectivity index (χ1n) is 8.95. The Labute approximate surface area is 168 Å². The molecule has 5 nitrogen and oxygen atoms in total. The molecule has 0 N–H and O–H groups in total. The lowest BCUT2D eigenvalue weighted by Gasteiger charge is -2.38. The number of ether oxygens (including phenoxy) is 1. The van der Waals surface area contributed by atoms with Gasteiger partial charge in [-0.15, -0.1) is 0 Å². The Balaban J connectivity index is 1.71. The molecule has 0 bridgehead atoms. The minimum absolute atomic E-state index is 0.0638. The van der Waals surface area contributed by atoms with Crippen LogP contribution in [0.1, 0.15) is 38.5 Å². The monoisotopic (exact) mass is 463 g/mol. The molecule has 1 saturated carbocycles. The molecule has 26 heavy (non-hydrogen) atoms. The lowest BCUT2D eigenvalue weighted by Crippen LogP contribution is -2.50. The quantitative estimate of drug-likeness (QED) is 0.664. The van der Waals surface area contributed by atoms with E-state index in [1.807, 2.05) is 0 Å². The number of amides is 1. The van der Waals surface area contributed by atoms with Crippen LogP contribution in [-0.2, 0) is 14.6 Å². The molecule has 1 aliphatic heterocycles. The third-order valence-corrected chi connectivity index (χ3v) is 7.64. The number of rotatable bonds is 5. The Morgan fingerprint density at radius 3 is 2.54 bits per heavy atom. The lowest BCUT2D eigenvalue weighted by atomic mass is 9.93. The van der Waals surface area contributed by atoms with E-state index in [4.69, 9.17) is 16.3 Å². The summed E-state index contributed by atoms with van der Waals surface area (Å²) >= 11 is 9.48. The van der Waals surface area contributed by atoms with Gasteiger partial charge in [-0.1, -0.05) is 46.8 Å². The van der Waals surface area contributed by atoms with E-state index in [9.17, 15) is 13.2 Å². The molecular formula is C18H23BrClNO4S. The lowest BCUT2D eigenvalue weighted by molar-refractivity contribution is -0.138. The number of hydrogen-bond donors (Lipinski definition) is 0. The molecule has 1 atom stereocenters. The Hall–Kier alpha value is -0.790. The number of hydrogen-bond acceptors (Lipinski definition) is 4. The van der Waals surface area contributed by atoms with E-state index in [-0.39, 0.29) is 36.1 Å². The van der Waals surface area contributed by atoms with Gasteiger partial charge in [-0.2, -0.15) is 0 Å². The van der Waals surface area contributed by atoms with E-state index in [1.165, 1.54) is 6.42 Å². The van der Waals surface area contributed by atoms with Crippen LogP contribution >= 0.6 is 27.5 Å². The molecule has 0 aromatic heterocycles. The van der Waals surface area contributed by atoms with Crippen molar-refractivity contribution in [3.05, 3.63) is 27.7 Å². The van der Waals surface area contributed by atoms with Crippen LogP contribution in [0.4, 0.5) is 0 Å². The van der Waals surface area contributed by atoms with Crippen molar-refractivity contribution in [3.63, 3.8) is 0 Å². The Morgan fingerprint density at radius 1 is 1.19 bits per heavy atom. The molecular weight excluding hydrogens is 442 g/mol. The van der Waals surface area contributed by atoms with Crippen molar-refractivity contribution >= 4 is 43.3 Å². The predicted molar refractivity (Wildman–Crippen MR) is 105 cm³/mol. The van der Waals surface area contributed by atoms with Crippen LogP contribution in [-0.4, -0.2) is 49.4 Å². The van der Waals surface area contributed by atoms with Gasteiger partial charge in [0.2, 0.25) is 0 Å². The number of carbonyl (C=O) groups excluding carboxylic acids is 1. The van der Waals surface area contributed by atoms with Gasteiger partial charge in [0.1, 0.15) is 5.75 Å². The van der Waals surface area contributed by atoms with Gasteiger partial charge in [0.15, 0.2) is 16.4 Å². The van der Waals surface area contributed by atoms with Crippen molar-refractivity contribution in [2.75, 3.05) is 18.1 Å². The van der Waals surface area contributed by atoms with E-state index in [2.05, 4.69) is 15.9 Å². The molecule has 8 heteroatoms. The second kappa shape index (κ2) is 8.48. The molecule has 1 aliphatic carbocycles. The van der Waals surface area contributed by atoms with E-state index in [1.54, 1.807) is 23.1 Å². The number of halogens is 2. The van der Waals surface area contributed by atoms with Gasteiger partial charge >= 0.3 is 0 Å². The minimum atomic E-state index is -3.05. The summed E-state index contributed by atoms with van der Waals surface area (Å²) in [6.45, 7) is -0.131. The summed E-state index contributed by atoms with van der Waals surface area (Å²) in [5.74, 6) is 0.519. The highest BCUT2D eigenvalue weighted by molar-refractivity contribution is 9.10. The summed E-state index contributed by atoms with van der Waals surface area (Å²) in [5, 5.41) is 0.430. The average Bonchev–Trinajstić information content (AvgIpc) is 2.95. The van der Waals surface area contributed by atoms with Crippen molar-refractivity contribution < 1.29 is 17.9 Å². The topological polar surface area (TPSA) is 63.7 Å². The Morgan fingerprint density at radius 2 is 1.92 bits per heavy atom. The maximum absolute atomic E-state index is 12.9. The third-order valence-electron chi connectivity index (χ3n) is 5.10. The van der Waals surface area contributed by atoms with Crippen LogP contribution in [0.25, 0.3) is 0 Å². The third kappa shape index (κ3) is 4.93. The zero-order valence-corrected chi connectivity index (χ0v) is 17.7. The number of benzene rings is 1. The molecule has 2 aliphatic rings. The predicted octanol–water partition coefficient (Wildman–Crippen LogP) is 3.83. The fourth-order valence-electron chi connectivity index (χ4n) is 3.87. The van der Waals surface area contributed by atoms with Crippen LogP contribution in [0.2, 0.25) is 5.02 Å². The van der Waals surface area contributed by atoms with E-state index in [0.717, 1.165) is 30.2 Å². The van der Waals surface area contributed by atoms with Gasteiger partial charge in [-0.3, -0.25) is 4.79 Å². The van der Waals surface area contributed by atoms with Crippen LogP contribution in [0, 0.1) is 0 Å². The number of nitrogens with zero attached hydrogens (tertiary/aromatic N) is 1. The highest BCUT2D eigenvalue weighted by Crippen LogP contribution is 2.30. The van der Waals surface area contributed by atoms with E-state index in [0.29, 0.717) is 17.2 Å². The van der Waals surface area contributed by atoms with Crippen LogP contribution in [0.3, 0.4) is 0 Å². The molecule has 0 radical (unpaired) electrons. The molecule has 1 aromatic carbocycles. The number of sulfone groups is 1. The first-order valence-corrected chi connectivity index (χ1v) is 11.9. The van der Waals surface area contributed by atoms with Crippen molar-refractivity contribution in [2.45, 2.75) is 50.6 Å². The minimum Gasteiger partial charge on any atom is -0.482 e. The van der Waals surface area contributed by atoms with Crippen LogP contribution in [0.15, 0.2) is 22.7 Å². The molecule has 1 unspecified atom stereocenters. The summed E-state index contributed by atoms with van der Waals surface area (Å²) < 4.78 is 30.3. The van der Waals surface area contributed by atoms with Crippen molar-refractivity contribution in [1.82, 2.24) is 4.90 Å². The summed E-state index contributed by atoms with van der Waals surface area (Å²) in [4.78, 5) is 14.7. The molecule has 0 spiro atoms. The summed E-state index contributed by atoms with van der Waals surface area (Å²) in [6, 6.07) is 5.10. The highest BCUT2D eigenvalue weighted by atomic mass is 79.9. The standard InChI is InChI=1S/C18H23BrClNO4S/c19-13-6-7-17(16(20)10-13)25-11-18(22)21(14-4-2-1-3-5-14)15-8-9-26(23,24)12-15/h6-7,10,14-15H,1-5,8-9,11-12H2. The highest BCUT2D eigenvalue weighted by Gasteiger charge is 2.38. The molecule has 1 heterocycles. The van der Waals surface area contributed by atoms with E-state index < -0.39 is 9.84 Å². The second-order valence-electron chi connectivity index (χ2n) is 7.01. The SMILES string of the molecule is O=C(COc1ccc(Br)cc1Cl)N(C1CCCCC1)C1CCS(=O)(=O)C1. The van der Waals surface area contributed by atoms with Gasteiger partial charge in [-0.05, 0) is 37.5 Å². The summed E-state index contributed by atoms with van der Waals surface area (Å²) in [5.41, 5.74) is 0. The Bertz CT molecular complexity index is 764. The zero-order valence-electron chi connectivity index (χ0n) is 14.5. The zero-order chi connectivity index (χ0) is 18.7. The summed E-state index contributed by atoms with van der Waals surface area (Å²) in [7, 11) is -3.05. The van der Waals surface area contributed by atoms with Gasteiger partial charge in [0.25, 0.3) is 5.91 Å². The first kappa shape index (κ1) is 20.0. The first-order chi connectivity index (χ1) is 12.4. The Kier molecular flexibility index (Phi) is 6.51. The molecule has 2 fully saturated rings. The average molecular weight is 465 g/mol. The van der Waals surface area contributed by atoms with Gasteiger partial charge in [-0.25, -0.2) is 8.42 Å². The normalized spacial score (nSPS) is 22.9. The van der Waals surface area contributed by atoms with Crippen molar-refractivity contribution in [1.29, 1.82) is 0 Å². The van der Waals surface area contributed by atoms with Crippen LogP contribution < -0.4 is 4.74 Å². The second-order valence-corrected chi connectivity index (χ2v) is 10.6. The van der Waals surface area contributed by atoms with Crippen molar-refractivity contribution in [2.24, 2.45) is 0 Å². The van der Waals surface area contributed by atoms with Gasteiger partial charge in [0.05, 0.1) is 16.5 Å². The summed E-state index contributed by atoms with van der Waals surface area (Å²) in [6.07, 6.45) is 5.71.